The van der Waals surface area contributed by atoms with Crippen LogP contribution in [0.3, 0.4) is 0 Å². The second kappa shape index (κ2) is 10.1. The van der Waals surface area contributed by atoms with Gasteiger partial charge in [0.1, 0.15) is 0 Å². The Labute approximate surface area is 189 Å². The molecule has 2 aromatic rings. The summed E-state index contributed by atoms with van der Waals surface area (Å²) in [6, 6.07) is 15.4. The van der Waals surface area contributed by atoms with Gasteiger partial charge in [-0.3, -0.25) is 9.59 Å². The maximum absolute atomic E-state index is 13.2. The molecule has 7 nitrogen and oxygen atoms in total. The van der Waals surface area contributed by atoms with Crippen molar-refractivity contribution >= 4 is 21.8 Å². The minimum atomic E-state index is -3.70. The van der Waals surface area contributed by atoms with Gasteiger partial charge in [0.05, 0.1) is 4.90 Å². The topological polar surface area (TPSA) is 86.8 Å². The van der Waals surface area contributed by atoms with Crippen LogP contribution in [0, 0.1) is 0 Å². The van der Waals surface area contributed by atoms with Gasteiger partial charge >= 0.3 is 0 Å². The lowest BCUT2D eigenvalue weighted by Gasteiger charge is -2.36. The number of nitrogens with zero attached hydrogens (tertiary/aromatic N) is 2. The summed E-state index contributed by atoms with van der Waals surface area (Å²) in [7, 11) is -1.99. The molecule has 0 bridgehead atoms. The predicted molar refractivity (Wildman–Crippen MR) is 123 cm³/mol. The molecule has 2 amide bonds. The fraction of sp³-hybridized carbons (Fsp3) is 0.333. The summed E-state index contributed by atoms with van der Waals surface area (Å²) in [5, 5.41) is 2.84. The zero-order valence-electron chi connectivity index (χ0n) is 18.4. The molecule has 2 unspecified atom stereocenters. The summed E-state index contributed by atoms with van der Waals surface area (Å²) in [4.78, 5) is 26.0. The predicted octanol–water partition coefficient (Wildman–Crippen LogP) is 2.80. The molecule has 170 valence electrons. The third kappa shape index (κ3) is 5.44. The first kappa shape index (κ1) is 23.7. The van der Waals surface area contributed by atoms with Crippen LogP contribution in [0.25, 0.3) is 0 Å². The van der Waals surface area contributed by atoms with Crippen molar-refractivity contribution in [1.82, 2.24) is 14.5 Å². The van der Waals surface area contributed by atoms with E-state index in [1.54, 1.807) is 24.1 Å². The highest BCUT2D eigenvalue weighted by molar-refractivity contribution is 7.89. The van der Waals surface area contributed by atoms with E-state index in [0.29, 0.717) is 31.5 Å². The molecule has 1 aliphatic heterocycles. The molecule has 1 aliphatic rings. The van der Waals surface area contributed by atoms with Crippen LogP contribution in [-0.4, -0.2) is 55.1 Å². The number of amides is 2. The average Bonchev–Trinajstić information content (AvgIpc) is 2.79. The summed E-state index contributed by atoms with van der Waals surface area (Å²) in [5.74, 6) is -0.430. The van der Waals surface area contributed by atoms with E-state index in [-0.39, 0.29) is 28.8 Å². The van der Waals surface area contributed by atoms with E-state index in [1.807, 2.05) is 37.3 Å². The molecule has 2 aromatic carbocycles. The van der Waals surface area contributed by atoms with Crippen LogP contribution in [0.4, 0.5) is 0 Å². The van der Waals surface area contributed by atoms with Gasteiger partial charge < -0.3 is 10.2 Å². The van der Waals surface area contributed by atoms with E-state index in [2.05, 4.69) is 11.9 Å². The standard InChI is InChI=1S/C24H29N3O4S/c1-4-23(28)25-21-14-15-27(18(2)16-21)32(30,31)22-12-10-20(11-13-22)24(29)26(3)17-19-8-6-5-7-9-19/h4-13,18,21H,1,14-17H2,2-3H3,(H,25,28). The Morgan fingerprint density at radius 1 is 1.16 bits per heavy atom. The summed E-state index contributed by atoms with van der Waals surface area (Å²) >= 11 is 0. The maximum Gasteiger partial charge on any atom is 0.253 e. The zero-order chi connectivity index (χ0) is 23.3. The van der Waals surface area contributed by atoms with E-state index in [0.717, 1.165) is 5.56 Å². The van der Waals surface area contributed by atoms with Crippen molar-refractivity contribution in [1.29, 1.82) is 0 Å². The zero-order valence-corrected chi connectivity index (χ0v) is 19.2. The molecule has 0 spiro atoms. The highest BCUT2D eigenvalue weighted by Gasteiger charge is 2.34. The summed E-state index contributed by atoms with van der Waals surface area (Å²) in [6.45, 7) is 6.06. The van der Waals surface area contributed by atoms with E-state index >= 15 is 0 Å². The first-order chi connectivity index (χ1) is 15.2. The molecule has 2 atom stereocenters. The average molecular weight is 456 g/mol. The quantitative estimate of drug-likeness (QED) is 0.651. The Morgan fingerprint density at radius 3 is 2.41 bits per heavy atom. The number of benzene rings is 2. The van der Waals surface area contributed by atoms with Crippen molar-refractivity contribution in [2.75, 3.05) is 13.6 Å². The fourth-order valence-electron chi connectivity index (χ4n) is 3.95. The summed E-state index contributed by atoms with van der Waals surface area (Å²) in [6.07, 6.45) is 2.28. The van der Waals surface area contributed by atoms with E-state index < -0.39 is 10.0 Å². The minimum absolute atomic E-state index is 0.0814. The molecule has 1 N–H and O–H groups in total. The molecule has 0 aromatic heterocycles. The number of piperidine rings is 1. The SMILES string of the molecule is C=CC(=O)NC1CCN(S(=O)(=O)c2ccc(C(=O)N(C)Cc3ccccc3)cc2)C(C)C1. The van der Waals surface area contributed by atoms with Crippen LogP contribution < -0.4 is 5.32 Å². The van der Waals surface area contributed by atoms with Gasteiger partial charge in [-0.25, -0.2) is 8.42 Å². The van der Waals surface area contributed by atoms with Gasteiger partial charge in [0.25, 0.3) is 5.91 Å². The number of nitrogens with one attached hydrogen (secondary N) is 1. The summed E-state index contributed by atoms with van der Waals surface area (Å²) < 4.78 is 27.8. The Morgan fingerprint density at radius 2 is 1.81 bits per heavy atom. The van der Waals surface area contributed by atoms with Gasteiger partial charge in [-0.05, 0) is 55.7 Å². The summed E-state index contributed by atoms with van der Waals surface area (Å²) in [5.41, 5.74) is 1.45. The highest BCUT2D eigenvalue weighted by Crippen LogP contribution is 2.26. The molecular formula is C24H29N3O4S. The van der Waals surface area contributed by atoms with Crippen LogP contribution in [0.2, 0.25) is 0 Å². The molecular weight excluding hydrogens is 426 g/mol. The van der Waals surface area contributed by atoms with Crippen molar-refractivity contribution in [2.24, 2.45) is 0 Å². The number of carbonyl (C=O) groups is 2. The molecule has 0 radical (unpaired) electrons. The highest BCUT2D eigenvalue weighted by atomic mass is 32.2. The van der Waals surface area contributed by atoms with Crippen LogP contribution >= 0.6 is 0 Å². The third-order valence-electron chi connectivity index (χ3n) is 5.66. The lowest BCUT2D eigenvalue weighted by Crippen LogP contribution is -2.50. The van der Waals surface area contributed by atoms with E-state index in [9.17, 15) is 18.0 Å². The minimum Gasteiger partial charge on any atom is -0.350 e. The van der Waals surface area contributed by atoms with Gasteiger partial charge in [0.15, 0.2) is 0 Å². The van der Waals surface area contributed by atoms with Gasteiger partial charge in [0.2, 0.25) is 15.9 Å². The van der Waals surface area contributed by atoms with Crippen LogP contribution in [0.15, 0.2) is 72.1 Å². The Bertz CT molecular complexity index is 1070. The van der Waals surface area contributed by atoms with Crippen molar-refractivity contribution in [3.8, 4) is 0 Å². The largest absolute Gasteiger partial charge is 0.350 e. The van der Waals surface area contributed by atoms with Crippen molar-refractivity contribution < 1.29 is 18.0 Å². The maximum atomic E-state index is 13.2. The Balaban J connectivity index is 1.67. The van der Waals surface area contributed by atoms with Crippen LogP contribution in [-0.2, 0) is 21.4 Å². The normalized spacial score (nSPS) is 19.2. The van der Waals surface area contributed by atoms with Gasteiger partial charge in [0, 0.05) is 37.8 Å². The van der Waals surface area contributed by atoms with Gasteiger partial charge in [-0.1, -0.05) is 36.9 Å². The molecule has 8 heteroatoms. The third-order valence-corrected chi connectivity index (χ3v) is 7.69. The smallest absolute Gasteiger partial charge is 0.253 e. The molecule has 0 aliphatic carbocycles. The molecule has 1 heterocycles. The number of sulfonamides is 1. The Kier molecular flexibility index (Phi) is 7.48. The second-order valence-corrected chi connectivity index (χ2v) is 9.96. The fourth-order valence-corrected chi connectivity index (χ4v) is 5.61. The second-order valence-electron chi connectivity index (χ2n) is 8.07. The lowest BCUT2D eigenvalue weighted by atomic mass is 10.0. The van der Waals surface area contributed by atoms with Gasteiger partial charge in [-0.15, -0.1) is 0 Å². The number of hydrogen-bond acceptors (Lipinski definition) is 4. The van der Waals surface area contributed by atoms with E-state index in [1.165, 1.54) is 22.5 Å². The van der Waals surface area contributed by atoms with Crippen molar-refractivity contribution in [3.05, 3.63) is 78.4 Å². The van der Waals surface area contributed by atoms with Crippen molar-refractivity contribution in [3.63, 3.8) is 0 Å². The van der Waals surface area contributed by atoms with Crippen LogP contribution in [0.5, 0.6) is 0 Å². The number of rotatable bonds is 7. The lowest BCUT2D eigenvalue weighted by molar-refractivity contribution is -0.117. The van der Waals surface area contributed by atoms with Crippen LogP contribution in [0.1, 0.15) is 35.7 Å². The molecule has 1 saturated heterocycles. The van der Waals surface area contributed by atoms with E-state index in [4.69, 9.17) is 0 Å². The number of carbonyl (C=O) groups excluding carboxylic acids is 2. The monoisotopic (exact) mass is 455 g/mol. The van der Waals surface area contributed by atoms with Gasteiger partial charge in [-0.2, -0.15) is 4.31 Å². The van der Waals surface area contributed by atoms with Crippen molar-refractivity contribution in [2.45, 2.75) is 43.3 Å². The molecule has 1 fully saturated rings. The Hall–Kier alpha value is -2.97. The molecule has 32 heavy (non-hydrogen) atoms. The first-order valence-electron chi connectivity index (χ1n) is 10.6. The molecule has 3 rings (SSSR count). The first-order valence-corrected chi connectivity index (χ1v) is 12.0. The number of hydrogen-bond donors (Lipinski definition) is 1. The molecule has 0 saturated carbocycles.